The van der Waals surface area contributed by atoms with Crippen LogP contribution < -0.4 is 16.0 Å². The third kappa shape index (κ3) is 4.17. The molecule has 3 rings (SSSR count). The molecule has 0 aliphatic heterocycles. The van der Waals surface area contributed by atoms with E-state index in [1.807, 2.05) is 30.3 Å². The number of ketones is 1. The maximum atomic E-state index is 12.7. The summed E-state index contributed by atoms with van der Waals surface area (Å²) in [6.45, 7) is 0.343. The summed E-state index contributed by atoms with van der Waals surface area (Å²) in [7, 11) is 2.95. The zero-order valence-electron chi connectivity index (χ0n) is 15.7. The molecule has 0 radical (unpaired) electrons. The van der Waals surface area contributed by atoms with Crippen molar-refractivity contribution >= 4 is 11.9 Å². The van der Waals surface area contributed by atoms with Crippen LogP contribution >= 0.6 is 0 Å². The average molecular weight is 376 g/mol. The van der Waals surface area contributed by atoms with Crippen LogP contribution in [-0.2, 0) is 20.7 Å². The zero-order valence-corrected chi connectivity index (χ0v) is 15.7. The van der Waals surface area contributed by atoms with Gasteiger partial charge in [-0.25, -0.2) is 4.79 Å². The molecule has 1 aromatic heterocycles. The van der Waals surface area contributed by atoms with Crippen molar-refractivity contribution in [1.82, 2.24) is 9.13 Å². The van der Waals surface area contributed by atoms with Gasteiger partial charge in [-0.1, -0.05) is 42.5 Å². The maximum Gasteiger partial charge on any atom is 0.330 e. The van der Waals surface area contributed by atoms with Crippen LogP contribution in [0.3, 0.4) is 0 Å². The van der Waals surface area contributed by atoms with Gasteiger partial charge >= 0.3 is 5.69 Å². The lowest BCUT2D eigenvalue weighted by atomic mass is 10.1. The quantitative estimate of drug-likeness (QED) is 0.490. The molecule has 142 valence electrons. The van der Waals surface area contributed by atoms with E-state index in [0.717, 1.165) is 10.1 Å². The summed E-state index contributed by atoms with van der Waals surface area (Å²) in [5.41, 5.74) is 0.764. The number of allylic oxidation sites excluding steroid dienone is 1. The predicted octanol–water partition coefficient (Wildman–Crippen LogP) is 2.56. The van der Waals surface area contributed by atoms with Gasteiger partial charge in [0.15, 0.2) is 5.78 Å². The zero-order chi connectivity index (χ0) is 20.1. The number of ether oxygens (including phenoxy) is 1. The van der Waals surface area contributed by atoms with Gasteiger partial charge in [0.25, 0.3) is 5.56 Å². The van der Waals surface area contributed by atoms with Crippen molar-refractivity contribution in [3.63, 3.8) is 0 Å². The Balaban J connectivity index is 1.83. The van der Waals surface area contributed by atoms with E-state index in [1.165, 1.54) is 30.0 Å². The molecule has 0 saturated heterocycles. The number of hydrogen-bond donors (Lipinski definition) is 0. The van der Waals surface area contributed by atoms with Gasteiger partial charge < -0.3 is 9.30 Å². The van der Waals surface area contributed by atoms with E-state index in [9.17, 15) is 14.4 Å². The standard InChI is InChI=1S/C22H20N2O4/c1-23-14-17(21(26)24(2)22(23)27)12-13-19(25)18-10-6-7-11-20(18)28-15-16-8-4-3-5-9-16/h3-14H,15H2,1-2H3/b13-12+. The number of aryl methyl sites for hydroxylation is 1. The number of benzene rings is 2. The topological polar surface area (TPSA) is 70.3 Å². The van der Waals surface area contributed by atoms with Crippen molar-refractivity contribution < 1.29 is 9.53 Å². The minimum atomic E-state index is -0.458. The second-order valence-electron chi connectivity index (χ2n) is 6.31. The van der Waals surface area contributed by atoms with Crippen molar-refractivity contribution in [3.8, 4) is 5.75 Å². The molecule has 1 heterocycles. The number of aromatic nitrogens is 2. The lowest BCUT2D eigenvalue weighted by Gasteiger charge is -2.09. The van der Waals surface area contributed by atoms with Gasteiger partial charge in [-0.05, 0) is 29.8 Å². The first-order valence-corrected chi connectivity index (χ1v) is 8.72. The summed E-state index contributed by atoms with van der Waals surface area (Å²) < 4.78 is 8.10. The highest BCUT2D eigenvalue weighted by Gasteiger charge is 2.11. The molecule has 0 aliphatic carbocycles. The summed E-state index contributed by atoms with van der Waals surface area (Å²) in [4.78, 5) is 36.6. The van der Waals surface area contributed by atoms with E-state index < -0.39 is 11.2 Å². The Hall–Kier alpha value is -3.67. The number of nitrogens with zero attached hydrogens (tertiary/aromatic N) is 2. The van der Waals surface area contributed by atoms with Gasteiger partial charge in [0.05, 0.1) is 11.1 Å². The van der Waals surface area contributed by atoms with E-state index in [4.69, 9.17) is 4.74 Å². The Morgan fingerprint density at radius 3 is 2.43 bits per heavy atom. The molecular weight excluding hydrogens is 356 g/mol. The molecule has 0 atom stereocenters. The normalized spacial score (nSPS) is 10.9. The summed E-state index contributed by atoms with van der Waals surface area (Å²) in [5.74, 6) is 0.175. The second kappa shape index (κ2) is 8.35. The summed E-state index contributed by atoms with van der Waals surface area (Å²) in [5, 5.41) is 0. The van der Waals surface area contributed by atoms with Crippen molar-refractivity contribution in [2.75, 3.05) is 0 Å². The number of rotatable bonds is 6. The van der Waals surface area contributed by atoms with Gasteiger partial charge in [-0.15, -0.1) is 0 Å². The molecule has 0 N–H and O–H groups in total. The predicted molar refractivity (Wildman–Crippen MR) is 108 cm³/mol. The van der Waals surface area contributed by atoms with Crippen LogP contribution in [0.15, 0.2) is 76.5 Å². The molecule has 0 saturated carbocycles. The number of para-hydroxylation sites is 1. The smallest absolute Gasteiger partial charge is 0.330 e. The minimum absolute atomic E-state index is 0.251. The fourth-order valence-electron chi connectivity index (χ4n) is 2.74. The average Bonchev–Trinajstić information content (AvgIpc) is 2.73. The third-order valence-corrected chi connectivity index (χ3v) is 4.28. The van der Waals surface area contributed by atoms with Crippen LogP contribution in [0, 0.1) is 0 Å². The molecule has 0 unspecified atom stereocenters. The van der Waals surface area contributed by atoms with Crippen LogP contribution in [0.5, 0.6) is 5.75 Å². The van der Waals surface area contributed by atoms with Gasteiger partial charge in [-0.3, -0.25) is 14.2 Å². The van der Waals surface area contributed by atoms with Crippen molar-refractivity contribution in [1.29, 1.82) is 0 Å². The Bertz CT molecular complexity index is 1140. The molecule has 28 heavy (non-hydrogen) atoms. The van der Waals surface area contributed by atoms with Crippen molar-refractivity contribution in [2.24, 2.45) is 14.1 Å². The van der Waals surface area contributed by atoms with Crippen LogP contribution in [-0.4, -0.2) is 14.9 Å². The van der Waals surface area contributed by atoms with E-state index in [1.54, 1.807) is 31.3 Å². The van der Waals surface area contributed by atoms with Crippen molar-refractivity contribution in [3.05, 3.63) is 104 Å². The first-order chi connectivity index (χ1) is 13.5. The van der Waals surface area contributed by atoms with Gasteiger partial charge in [0.1, 0.15) is 12.4 Å². The van der Waals surface area contributed by atoms with Crippen LogP contribution in [0.1, 0.15) is 21.5 Å². The molecule has 0 aliphatic rings. The largest absolute Gasteiger partial charge is 0.488 e. The SMILES string of the molecule is Cn1cc(/C=C/C(=O)c2ccccc2OCc2ccccc2)c(=O)n(C)c1=O. The first kappa shape index (κ1) is 19.1. The van der Waals surface area contributed by atoms with Crippen LogP contribution in [0.4, 0.5) is 0 Å². The number of carbonyl (C=O) groups excluding carboxylic acids is 1. The fraction of sp³-hybridized carbons (Fsp3) is 0.136. The van der Waals surface area contributed by atoms with Crippen LogP contribution in [0.2, 0.25) is 0 Å². The van der Waals surface area contributed by atoms with Gasteiger partial charge in [0.2, 0.25) is 0 Å². The fourth-order valence-corrected chi connectivity index (χ4v) is 2.74. The van der Waals surface area contributed by atoms with E-state index in [2.05, 4.69) is 0 Å². The van der Waals surface area contributed by atoms with E-state index in [-0.39, 0.29) is 11.3 Å². The molecule has 0 spiro atoms. The van der Waals surface area contributed by atoms with Crippen LogP contribution in [0.25, 0.3) is 6.08 Å². The second-order valence-corrected chi connectivity index (χ2v) is 6.31. The summed E-state index contributed by atoms with van der Waals surface area (Å²) in [6.07, 6.45) is 4.14. The molecule has 0 bridgehead atoms. The van der Waals surface area contributed by atoms with Gasteiger partial charge in [-0.2, -0.15) is 0 Å². The first-order valence-electron chi connectivity index (χ1n) is 8.72. The molecule has 2 aromatic carbocycles. The summed E-state index contributed by atoms with van der Waals surface area (Å²) >= 11 is 0. The Labute approximate surface area is 162 Å². The molecular formula is C22H20N2O4. The number of carbonyl (C=O) groups is 1. The minimum Gasteiger partial charge on any atom is -0.488 e. The lowest BCUT2D eigenvalue weighted by Crippen LogP contribution is -2.37. The highest BCUT2D eigenvalue weighted by molar-refractivity contribution is 6.08. The molecule has 0 amide bonds. The highest BCUT2D eigenvalue weighted by atomic mass is 16.5. The molecule has 6 nitrogen and oxygen atoms in total. The molecule has 0 fully saturated rings. The highest BCUT2D eigenvalue weighted by Crippen LogP contribution is 2.20. The number of hydrogen-bond acceptors (Lipinski definition) is 4. The maximum absolute atomic E-state index is 12.7. The van der Waals surface area contributed by atoms with E-state index in [0.29, 0.717) is 17.9 Å². The van der Waals surface area contributed by atoms with Crippen molar-refractivity contribution in [2.45, 2.75) is 6.61 Å². The molecule has 6 heteroatoms. The Kier molecular flexibility index (Phi) is 5.69. The molecule has 3 aromatic rings. The van der Waals surface area contributed by atoms with Gasteiger partial charge in [0, 0.05) is 20.3 Å². The third-order valence-electron chi connectivity index (χ3n) is 4.28. The lowest BCUT2D eigenvalue weighted by molar-refractivity contribution is 0.104. The Morgan fingerprint density at radius 2 is 1.68 bits per heavy atom. The summed E-state index contributed by atoms with van der Waals surface area (Å²) in [6, 6.07) is 16.6. The van der Waals surface area contributed by atoms with E-state index >= 15 is 0 Å². The monoisotopic (exact) mass is 376 g/mol. The Morgan fingerprint density at radius 1 is 1.00 bits per heavy atom.